The summed E-state index contributed by atoms with van der Waals surface area (Å²) in [6.07, 6.45) is 17.1. The molecule has 0 amide bonds. The minimum absolute atomic E-state index is 0.327. The van der Waals surface area contributed by atoms with Crippen LogP contribution in [-0.4, -0.2) is 24.8 Å². The number of ether oxygens (including phenoxy) is 1. The second-order valence-corrected chi connectivity index (χ2v) is 7.19. The van der Waals surface area contributed by atoms with Gasteiger partial charge in [0.05, 0.1) is 11.7 Å². The van der Waals surface area contributed by atoms with Crippen molar-refractivity contribution < 1.29 is 4.74 Å². The smallest absolute Gasteiger partial charge is 0.0687 e. The Hall–Kier alpha value is -0.0800. The van der Waals surface area contributed by atoms with E-state index in [-0.39, 0.29) is 0 Å². The molecular formula is C17H31NO. The highest BCUT2D eigenvalue weighted by Crippen LogP contribution is 2.44. The Balaban J connectivity index is 1.44. The standard InChI is InChI=1S/C17H31NO/c1-18-16(14-6-2-3-7-14)9-8-15-10-13-17(19-15)11-4-5-12-17/h14-16,18H,2-13H2,1H3. The van der Waals surface area contributed by atoms with Crippen LogP contribution in [0.5, 0.6) is 0 Å². The Morgan fingerprint density at radius 2 is 1.79 bits per heavy atom. The molecule has 2 atom stereocenters. The van der Waals surface area contributed by atoms with Gasteiger partial charge in [-0.2, -0.15) is 0 Å². The summed E-state index contributed by atoms with van der Waals surface area (Å²) >= 11 is 0. The zero-order valence-corrected chi connectivity index (χ0v) is 12.6. The predicted molar refractivity (Wildman–Crippen MR) is 79.3 cm³/mol. The molecule has 1 saturated heterocycles. The molecule has 0 aromatic rings. The van der Waals surface area contributed by atoms with E-state index < -0.39 is 0 Å². The van der Waals surface area contributed by atoms with Crippen molar-refractivity contribution in [3.63, 3.8) is 0 Å². The van der Waals surface area contributed by atoms with Crippen molar-refractivity contribution in [3.05, 3.63) is 0 Å². The van der Waals surface area contributed by atoms with Crippen molar-refractivity contribution in [1.29, 1.82) is 0 Å². The van der Waals surface area contributed by atoms with E-state index in [1.165, 1.54) is 77.0 Å². The molecule has 19 heavy (non-hydrogen) atoms. The first-order valence-corrected chi connectivity index (χ1v) is 8.66. The van der Waals surface area contributed by atoms with Gasteiger partial charge in [-0.3, -0.25) is 0 Å². The fourth-order valence-electron chi connectivity index (χ4n) is 4.83. The topological polar surface area (TPSA) is 21.3 Å². The molecule has 2 unspecified atom stereocenters. The molecule has 1 spiro atoms. The second-order valence-electron chi connectivity index (χ2n) is 7.19. The van der Waals surface area contributed by atoms with E-state index >= 15 is 0 Å². The van der Waals surface area contributed by atoms with E-state index in [1.54, 1.807) is 0 Å². The molecule has 2 nitrogen and oxygen atoms in total. The van der Waals surface area contributed by atoms with Gasteiger partial charge in [0.15, 0.2) is 0 Å². The molecule has 0 radical (unpaired) electrons. The van der Waals surface area contributed by atoms with Crippen molar-refractivity contribution >= 4 is 0 Å². The fourth-order valence-corrected chi connectivity index (χ4v) is 4.83. The van der Waals surface area contributed by atoms with Crippen LogP contribution in [-0.2, 0) is 4.74 Å². The normalized spacial score (nSPS) is 32.4. The fraction of sp³-hybridized carbons (Fsp3) is 1.00. The Kier molecular flexibility index (Phi) is 4.48. The van der Waals surface area contributed by atoms with Crippen LogP contribution in [0.3, 0.4) is 0 Å². The minimum atomic E-state index is 0.327. The van der Waals surface area contributed by atoms with Crippen molar-refractivity contribution in [1.82, 2.24) is 5.32 Å². The van der Waals surface area contributed by atoms with Gasteiger partial charge in [0.2, 0.25) is 0 Å². The van der Waals surface area contributed by atoms with Crippen LogP contribution >= 0.6 is 0 Å². The van der Waals surface area contributed by atoms with Crippen molar-refractivity contribution in [2.24, 2.45) is 5.92 Å². The number of hydrogen-bond donors (Lipinski definition) is 1. The highest BCUT2D eigenvalue weighted by Gasteiger charge is 2.42. The lowest BCUT2D eigenvalue weighted by Crippen LogP contribution is -2.33. The SMILES string of the molecule is CNC(CCC1CCC2(CCCC2)O1)C1CCCC1. The van der Waals surface area contributed by atoms with Crippen LogP contribution < -0.4 is 5.32 Å². The van der Waals surface area contributed by atoms with E-state index in [2.05, 4.69) is 12.4 Å². The average Bonchev–Trinajstić information content (AvgIpc) is 3.15. The molecule has 1 heterocycles. The summed E-state index contributed by atoms with van der Waals surface area (Å²) in [5.41, 5.74) is 0.327. The molecule has 1 aliphatic heterocycles. The maximum absolute atomic E-state index is 6.44. The van der Waals surface area contributed by atoms with Crippen molar-refractivity contribution in [2.45, 2.75) is 94.8 Å². The Bertz CT molecular complexity index is 279. The summed E-state index contributed by atoms with van der Waals surface area (Å²) in [4.78, 5) is 0. The Morgan fingerprint density at radius 3 is 2.47 bits per heavy atom. The van der Waals surface area contributed by atoms with Crippen LogP contribution in [0, 0.1) is 5.92 Å². The zero-order valence-electron chi connectivity index (χ0n) is 12.6. The van der Waals surface area contributed by atoms with Crippen LogP contribution in [0.15, 0.2) is 0 Å². The van der Waals surface area contributed by atoms with E-state index in [1.807, 2.05) is 0 Å². The summed E-state index contributed by atoms with van der Waals surface area (Å²) in [5, 5.41) is 3.57. The van der Waals surface area contributed by atoms with Gasteiger partial charge in [0.25, 0.3) is 0 Å². The Morgan fingerprint density at radius 1 is 1.05 bits per heavy atom. The second kappa shape index (κ2) is 6.13. The van der Waals surface area contributed by atoms with Gasteiger partial charge >= 0.3 is 0 Å². The van der Waals surface area contributed by atoms with E-state index in [9.17, 15) is 0 Å². The van der Waals surface area contributed by atoms with Crippen LogP contribution in [0.2, 0.25) is 0 Å². The maximum atomic E-state index is 6.44. The highest BCUT2D eigenvalue weighted by molar-refractivity contribution is 4.93. The molecule has 3 fully saturated rings. The zero-order chi connectivity index (χ0) is 13.1. The van der Waals surface area contributed by atoms with Gasteiger partial charge in [0.1, 0.15) is 0 Å². The first-order chi connectivity index (χ1) is 9.31. The maximum Gasteiger partial charge on any atom is 0.0687 e. The first-order valence-electron chi connectivity index (χ1n) is 8.66. The Labute approximate surface area is 118 Å². The number of nitrogens with one attached hydrogen (secondary N) is 1. The lowest BCUT2D eigenvalue weighted by atomic mass is 9.92. The summed E-state index contributed by atoms with van der Waals surface area (Å²) in [6.45, 7) is 0. The third-order valence-corrected chi connectivity index (χ3v) is 5.99. The highest BCUT2D eigenvalue weighted by atomic mass is 16.5. The molecular weight excluding hydrogens is 234 g/mol. The summed E-state index contributed by atoms with van der Waals surface area (Å²) in [6, 6.07) is 0.742. The molecule has 3 rings (SSSR count). The van der Waals surface area contributed by atoms with E-state index in [4.69, 9.17) is 4.74 Å². The van der Waals surface area contributed by atoms with Gasteiger partial charge in [-0.15, -0.1) is 0 Å². The minimum Gasteiger partial charge on any atom is -0.372 e. The summed E-state index contributed by atoms with van der Waals surface area (Å²) < 4.78 is 6.44. The monoisotopic (exact) mass is 265 g/mol. The van der Waals surface area contributed by atoms with E-state index in [0.717, 1.165) is 12.0 Å². The number of rotatable bonds is 5. The van der Waals surface area contributed by atoms with Gasteiger partial charge < -0.3 is 10.1 Å². The van der Waals surface area contributed by atoms with Crippen LogP contribution in [0.25, 0.3) is 0 Å². The van der Waals surface area contributed by atoms with Gasteiger partial charge in [-0.25, -0.2) is 0 Å². The largest absolute Gasteiger partial charge is 0.372 e. The first kappa shape index (κ1) is 13.9. The summed E-state index contributed by atoms with van der Waals surface area (Å²) in [5.74, 6) is 0.937. The van der Waals surface area contributed by atoms with Crippen molar-refractivity contribution in [2.75, 3.05) is 7.05 Å². The molecule has 2 aliphatic carbocycles. The molecule has 110 valence electrons. The van der Waals surface area contributed by atoms with Gasteiger partial charge in [0, 0.05) is 6.04 Å². The van der Waals surface area contributed by atoms with E-state index in [0.29, 0.717) is 11.7 Å². The molecule has 0 aromatic heterocycles. The quantitative estimate of drug-likeness (QED) is 0.810. The molecule has 2 heteroatoms. The average molecular weight is 265 g/mol. The third kappa shape index (κ3) is 3.16. The molecule has 2 saturated carbocycles. The molecule has 1 N–H and O–H groups in total. The van der Waals surface area contributed by atoms with Gasteiger partial charge in [-0.1, -0.05) is 25.7 Å². The van der Waals surface area contributed by atoms with Crippen molar-refractivity contribution in [3.8, 4) is 0 Å². The molecule has 0 bridgehead atoms. The molecule has 0 aromatic carbocycles. The van der Waals surface area contributed by atoms with Gasteiger partial charge in [-0.05, 0) is 64.3 Å². The van der Waals surface area contributed by atoms with Crippen LogP contribution in [0.4, 0.5) is 0 Å². The van der Waals surface area contributed by atoms with Crippen LogP contribution in [0.1, 0.15) is 77.0 Å². The number of hydrogen-bond acceptors (Lipinski definition) is 2. The third-order valence-electron chi connectivity index (χ3n) is 5.99. The molecule has 3 aliphatic rings. The summed E-state index contributed by atoms with van der Waals surface area (Å²) in [7, 11) is 2.15. The lowest BCUT2D eigenvalue weighted by Gasteiger charge is -2.26. The lowest BCUT2D eigenvalue weighted by molar-refractivity contribution is -0.0405. The predicted octanol–water partition coefficient (Wildman–Crippen LogP) is 4.04.